The zero-order chi connectivity index (χ0) is 10.3. The van der Waals surface area contributed by atoms with Gasteiger partial charge in [-0.25, -0.2) is 4.79 Å². The maximum absolute atomic E-state index is 11.1. The molecule has 0 aliphatic rings. The summed E-state index contributed by atoms with van der Waals surface area (Å²) in [6.07, 6.45) is 0.740. The van der Waals surface area contributed by atoms with E-state index in [0.717, 1.165) is 19.5 Å². The monoisotopic (exact) mass is 188 g/mol. The van der Waals surface area contributed by atoms with E-state index in [1.165, 1.54) is 0 Å². The van der Waals surface area contributed by atoms with Gasteiger partial charge in [0.2, 0.25) is 0 Å². The van der Waals surface area contributed by atoms with E-state index in [1.54, 1.807) is 11.9 Å². The SMILES string of the molecule is CCOC(=O)N(C)CCCN(C)C. The Morgan fingerprint density at radius 1 is 1.23 bits per heavy atom. The van der Waals surface area contributed by atoms with Crippen molar-refractivity contribution in [2.45, 2.75) is 13.3 Å². The molecule has 78 valence electrons. The van der Waals surface area contributed by atoms with Crippen molar-refractivity contribution in [3.8, 4) is 0 Å². The minimum atomic E-state index is -0.235. The predicted molar refractivity (Wildman–Crippen MR) is 52.8 cm³/mol. The molecule has 0 N–H and O–H groups in total. The highest BCUT2D eigenvalue weighted by Crippen LogP contribution is 1.93. The third-order valence-corrected chi connectivity index (χ3v) is 1.68. The number of hydrogen-bond acceptors (Lipinski definition) is 3. The van der Waals surface area contributed by atoms with Crippen LogP contribution in [0.25, 0.3) is 0 Å². The molecule has 0 aromatic rings. The van der Waals surface area contributed by atoms with Gasteiger partial charge < -0.3 is 14.5 Å². The third-order valence-electron chi connectivity index (χ3n) is 1.68. The van der Waals surface area contributed by atoms with Crippen molar-refractivity contribution in [1.82, 2.24) is 9.80 Å². The van der Waals surface area contributed by atoms with Gasteiger partial charge in [-0.1, -0.05) is 0 Å². The van der Waals surface area contributed by atoms with Crippen LogP contribution in [0.15, 0.2) is 0 Å². The number of ether oxygens (including phenoxy) is 1. The number of carbonyl (C=O) groups excluding carboxylic acids is 1. The molecule has 1 amide bonds. The van der Waals surface area contributed by atoms with E-state index in [0.29, 0.717) is 6.61 Å². The smallest absolute Gasteiger partial charge is 0.409 e. The molecule has 0 spiro atoms. The van der Waals surface area contributed by atoms with Crippen molar-refractivity contribution < 1.29 is 9.53 Å². The van der Waals surface area contributed by atoms with E-state index in [2.05, 4.69) is 4.90 Å². The van der Waals surface area contributed by atoms with Crippen molar-refractivity contribution in [2.24, 2.45) is 0 Å². The highest BCUT2D eigenvalue weighted by molar-refractivity contribution is 5.67. The first-order valence-corrected chi connectivity index (χ1v) is 4.60. The fourth-order valence-electron chi connectivity index (χ4n) is 0.949. The lowest BCUT2D eigenvalue weighted by molar-refractivity contribution is 0.115. The van der Waals surface area contributed by atoms with E-state index in [-0.39, 0.29) is 6.09 Å². The quantitative estimate of drug-likeness (QED) is 0.646. The molecule has 0 aromatic heterocycles. The second kappa shape index (κ2) is 6.71. The van der Waals surface area contributed by atoms with Gasteiger partial charge >= 0.3 is 6.09 Å². The van der Waals surface area contributed by atoms with Crippen LogP contribution in [0.3, 0.4) is 0 Å². The normalized spacial score (nSPS) is 10.2. The van der Waals surface area contributed by atoms with Gasteiger partial charge in [-0.3, -0.25) is 0 Å². The molecular formula is C9H20N2O2. The van der Waals surface area contributed by atoms with Crippen LogP contribution in [0, 0.1) is 0 Å². The van der Waals surface area contributed by atoms with Crippen molar-refractivity contribution in [3.63, 3.8) is 0 Å². The van der Waals surface area contributed by atoms with Gasteiger partial charge in [0.05, 0.1) is 6.61 Å². The lowest BCUT2D eigenvalue weighted by Crippen LogP contribution is -2.30. The van der Waals surface area contributed by atoms with Gasteiger partial charge in [0.25, 0.3) is 0 Å². The summed E-state index contributed by atoms with van der Waals surface area (Å²) in [6.45, 7) is 3.99. The Kier molecular flexibility index (Phi) is 6.32. The van der Waals surface area contributed by atoms with Crippen LogP contribution in [-0.4, -0.2) is 56.7 Å². The van der Waals surface area contributed by atoms with Gasteiger partial charge in [-0.05, 0) is 34.0 Å². The molecule has 0 rings (SSSR count). The molecule has 0 aliphatic heterocycles. The van der Waals surface area contributed by atoms with Crippen molar-refractivity contribution in [2.75, 3.05) is 40.8 Å². The van der Waals surface area contributed by atoms with Crippen LogP contribution in [-0.2, 0) is 4.74 Å². The van der Waals surface area contributed by atoms with Crippen molar-refractivity contribution in [3.05, 3.63) is 0 Å². The van der Waals surface area contributed by atoms with Crippen molar-refractivity contribution in [1.29, 1.82) is 0 Å². The minimum absolute atomic E-state index is 0.235. The maximum atomic E-state index is 11.1. The Morgan fingerprint density at radius 2 is 1.85 bits per heavy atom. The topological polar surface area (TPSA) is 32.8 Å². The summed E-state index contributed by atoms with van der Waals surface area (Å²) in [5, 5.41) is 0. The molecule has 0 radical (unpaired) electrons. The molecule has 0 atom stereocenters. The molecule has 0 saturated carbocycles. The molecule has 0 fully saturated rings. The van der Waals surface area contributed by atoms with Gasteiger partial charge in [0.1, 0.15) is 0 Å². The number of carbonyl (C=O) groups is 1. The van der Waals surface area contributed by atoms with E-state index >= 15 is 0 Å². The average molecular weight is 188 g/mol. The van der Waals surface area contributed by atoms with E-state index in [1.807, 2.05) is 21.0 Å². The van der Waals surface area contributed by atoms with E-state index in [9.17, 15) is 4.79 Å². The van der Waals surface area contributed by atoms with Crippen LogP contribution in [0.1, 0.15) is 13.3 Å². The maximum Gasteiger partial charge on any atom is 0.409 e. The van der Waals surface area contributed by atoms with Crippen LogP contribution in [0.5, 0.6) is 0 Å². The number of amides is 1. The van der Waals surface area contributed by atoms with E-state index < -0.39 is 0 Å². The summed E-state index contributed by atoms with van der Waals surface area (Å²) in [4.78, 5) is 14.8. The summed E-state index contributed by atoms with van der Waals surface area (Å²) < 4.78 is 4.83. The standard InChI is InChI=1S/C9H20N2O2/c1-5-13-9(12)11(4)8-6-7-10(2)3/h5-8H2,1-4H3. The molecule has 4 nitrogen and oxygen atoms in total. The molecule has 0 aliphatic carbocycles. The second-order valence-corrected chi connectivity index (χ2v) is 3.28. The number of hydrogen-bond donors (Lipinski definition) is 0. The molecule has 4 heteroatoms. The van der Waals surface area contributed by atoms with Gasteiger partial charge in [0.15, 0.2) is 0 Å². The lowest BCUT2D eigenvalue weighted by Gasteiger charge is -2.17. The second-order valence-electron chi connectivity index (χ2n) is 3.28. The first-order chi connectivity index (χ1) is 6.07. The molecule has 13 heavy (non-hydrogen) atoms. The summed E-state index contributed by atoms with van der Waals surface area (Å²) in [5.41, 5.74) is 0. The van der Waals surface area contributed by atoms with Crippen LogP contribution in [0.4, 0.5) is 4.79 Å². The summed E-state index contributed by atoms with van der Waals surface area (Å²) in [5.74, 6) is 0. The summed E-state index contributed by atoms with van der Waals surface area (Å²) >= 11 is 0. The molecule has 0 heterocycles. The van der Waals surface area contributed by atoms with Crippen LogP contribution < -0.4 is 0 Å². The molecule has 0 unspecified atom stereocenters. The lowest BCUT2D eigenvalue weighted by atomic mass is 10.4. The first-order valence-electron chi connectivity index (χ1n) is 4.60. The summed E-state index contributed by atoms with van der Waals surface area (Å²) in [7, 11) is 5.79. The predicted octanol–water partition coefficient (Wildman–Crippen LogP) is 1.03. The molecule has 0 saturated heterocycles. The van der Waals surface area contributed by atoms with Gasteiger partial charge in [0, 0.05) is 13.6 Å². The molecule has 0 bridgehead atoms. The number of nitrogens with zero attached hydrogens (tertiary/aromatic N) is 2. The minimum Gasteiger partial charge on any atom is -0.450 e. The third kappa shape index (κ3) is 6.40. The fourth-order valence-corrected chi connectivity index (χ4v) is 0.949. The van der Waals surface area contributed by atoms with Gasteiger partial charge in [-0.15, -0.1) is 0 Å². The largest absolute Gasteiger partial charge is 0.450 e. The Morgan fingerprint density at radius 3 is 2.31 bits per heavy atom. The average Bonchev–Trinajstić information content (AvgIpc) is 2.04. The molecular weight excluding hydrogens is 168 g/mol. The fraction of sp³-hybridized carbons (Fsp3) is 0.889. The highest BCUT2D eigenvalue weighted by Gasteiger charge is 2.07. The van der Waals surface area contributed by atoms with Gasteiger partial charge in [-0.2, -0.15) is 0 Å². The Hall–Kier alpha value is -0.770. The van der Waals surface area contributed by atoms with E-state index in [4.69, 9.17) is 4.74 Å². The Labute approximate surface area is 80.5 Å². The van der Waals surface area contributed by atoms with Crippen molar-refractivity contribution >= 4 is 6.09 Å². The molecule has 0 aromatic carbocycles. The Bertz CT molecular complexity index is 149. The summed E-state index contributed by atoms with van der Waals surface area (Å²) in [6, 6.07) is 0. The van der Waals surface area contributed by atoms with Crippen LogP contribution in [0.2, 0.25) is 0 Å². The number of rotatable bonds is 5. The zero-order valence-electron chi connectivity index (χ0n) is 9.04. The van der Waals surface area contributed by atoms with Crippen LogP contribution >= 0.6 is 0 Å². The Balaban J connectivity index is 3.49. The zero-order valence-corrected chi connectivity index (χ0v) is 9.04. The first kappa shape index (κ1) is 12.2. The highest BCUT2D eigenvalue weighted by atomic mass is 16.5.